The van der Waals surface area contributed by atoms with Crippen molar-refractivity contribution in [2.24, 2.45) is 0 Å². The third-order valence-corrected chi connectivity index (χ3v) is 13.6. The van der Waals surface area contributed by atoms with Gasteiger partial charge in [0, 0.05) is 20.7 Å². The summed E-state index contributed by atoms with van der Waals surface area (Å²) in [5.74, 6) is 3.49. The number of hydrogen-bond donors (Lipinski definition) is 0. The maximum absolute atomic E-state index is 7.66. The molecule has 0 saturated heterocycles. The molecule has 0 aliphatic heterocycles. The molecule has 0 aromatic heterocycles. The van der Waals surface area contributed by atoms with E-state index in [0.29, 0.717) is 26.4 Å². The van der Waals surface area contributed by atoms with Crippen molar-refractivity contribution in [2.45, 2.75) is 55.4 Å². The van der Waals surface area contributed by atoms with Gasteiger partial charge < -0.3 is 23.1 Å². The molecule has 7 heteroatoms. The van der Waals surface area contributed by atoms with Gasteiger partial charge in [-0.2, -0.15) is 0 Å². The Labute approximate surface area is 261 Å². The standard InChI is InChI=1S/C36H46O5Si2/c1-9-37-29-21-25(5)13-17-33(29)42(34-18-14-26(6)22-30(34)38-10-2)41-43(35-19-15-27(7)23-31(35)39-11-3)36-20-16-28(8)24-32(36)40-12-4/h13-24,42-43H,9-12H2,1-8H3. The number of hydrogen-bond acceptors (Lipinski definition) is 5. The fourth-order valence-electron chi connectivity index (χ4n) is 5.32. The normalized spacial score (nSPS) is 11.2. The molecule has 0 amide bonds. The molecule has 0 unspecified atom stereocenters. The monoisotopic (exact) mass is 614 g/mol. The van der Waals surface area contributed by atoms with E-state index in [-0.39, 0.29) is 0 Å². The molecule has 0 bridgehead atoms. The highest BCUT2D eigenvalue weighted by molar-refractivity contribution is 6.93. The summed E-state index contributed by atoms with van der Waals surface area (Å²) >= 11 is 0. The van der Waals surface area contributed by atoms with Gasteiger partial charge in [0.05, 0.1) is 26.4 Å². The molecule has 0 aliphatic carbocycles. The average Bonchev–Trinajstić information content (AvgIpc) is 2.97. The largest absolute Gasteiger partial charge is 0.494 e. The Hall–Kier alpha value is -3.53. The molecule has 4 rings (SSSR count). The molecule has 0 fully saturated rings. The summed E-state index contributed by atoms with van der Waals surface area (Å²) in [7, 11) is -4.87. The van der Waals surface area contributed by atoms with Crippen LogP contribution in [0.25, 0.3) is 0 Å². The van der Waals surface area contributed by atoms with Crippen LogP contribution in [0.1, 0.15) is 49.9 Å². The van der Waals surface area contributed by atoms with E-state index >= 15 is 0 Å². The van der Waals surface area contributed by atoms with E-state index in [1.54, 1.807) is 0 Å². The zero-order valence-corrected chi connectivity index (χ0v) is 29.3. The van der Waals surface area contributed by atoms with Crippen LogP contribution >= 0.6 is 0 Å². The van der Waals surface area contributed by atoms with Crippen LogP contribution in [0.2, 0.25) is 0 Å². The minimum absolute atomic E-state index is 0.573. The predicted molar refractivity (Wildman–Crippen MR) is 183 cm³/mol. The maximum atomic E-state index is 7.66. The van der Waals surface area contributed by atoms with Crippen LogP contribution in [-0.2, 0) is 4.12 Å². The Morgan fingerprint density at radius 3 is 0.837 bits per heavy atom. The van der Waals surface area contributed by atoms with E-state index in [9.17, 15) is 0 Å². The van der Waals surface area contributed by atoms with E-state index in [4.69, 9.17) is 23.1 Å². The second kappa shape index (κ2) is 15.3. The van der Waals surface area contributed by atoms with Gasteiger partial charge in [0.25, 0.3) is 0 Å². The summed E-state index contributed by atoms with van der Waals surface area (Å²) in [5, 5.41) is 4.41. The fourth-order valence-corrected chi connectivity index (χ4v) is 12.2. The number of aryl methyl sites for hydroxylation is 4. The molecule has 0 radical (unpaired) electrons. The Morgan fingerprint density at radius 2 is 0.628 bits per heavy atom. The molecule has 4 aromatic rings. The van der Waals surface area contributed by atoms with Crippen LogP contribution in [0.5, 0.6) is 23.0 Å². The lowest BCUT2D eigenvalue weighted by molar-refractivity contribution is 0.340. The summed E-state index contributed by atoms with van der Waals surface area (Å²) in [6.45, 7) is 18.8. The minimum Gasteiger partial charge on any atom is -0.494 e. The number of ether oxygens (including phenoxy) is 4. The maximum Gasteiger partial charge on any atom is 0.236 e. The molecule has 0 atom stereocenters. The van der Waals surface area contributed by atoms with E-state index in [1.807, 2.05) is 27.7 Å². The topological polar surface area (TPSA) is 46.2 Å². The highest BCUT2D eigenvalue weighted by Gasteiger charge is 2.34. The highest BCUT2D eigenvalue weighted by Crippen LogP contribution is 2.21. The summed E-state index contributed by atoms with van der Waals surface area (Å²) in [5.41, 5.74) is 4.60. The molecule has 0 saturated carbocycles. The second-order valence-corrected chi connectivity index (χ2v) is 15.9. The summed E-state index contributed by atoms with van der Waals surface area (Å²) in [6, 6.07) is 25.9. The molecule has 0 N–H and O–H groups in total. The van der Waals surface area contributed by atoms with Gasteiger partial charge in [0.15, 0.2) is 0 Å². The lowest BCUT2D eigenvalue weighted by Gasteiger charge is -2.29. The highest BCUT2D eigenvalue weighted by atomic mass is 28.4. The first kappa shape index (κ1) is 32.4. The van der Waals surface area contributed by atoms with Crippen LogP contribution in [0.3, 0.4) is 0 Å². The molecule has 4 aromatic carbocycles. The molecule has 0 aliphatic rings. The third-order valence-electron chi connectivity index (χ3n) is 7.28. The van der Waals surface area contributed by atoms with Crippen LogP contribution in [0.4, 0.5) is 0 Å². The molecule has 228 valence electrons. The first-order valence-corrected chi connectivity index (χ1v) is 18.6. The SMILES string of the molecule is CCOc1cc(C)ccc1[SiH](O[SiH](c1ccc(C)cc1OCC)c1ccc(C)cc1OCC)c1ccc(C)cc1OCC. The Balaban J connectivity index is 2.02. The first-order chi connectivity index (χ1) is 20.8. The lowest BCUT2D eigenvalue weighted by atomic mass is 10.2. The van der Waals surface area contributed by atoms with Crippen molar-refractivity contribution >= 4 is 38.8 Å². The molecule has 43 heavy (non-hydrogen) atoms. The zero-order chi connectivity index (χ0) is 30.9. The van der Waals surface area contributed by atoms with Crippen LogP contribution in [0.15, 0.2) is 72.8 Å². The van der Waals surface area contributed by atoms with Gasteiger partial charge in [-0.15, -0.1) is 0 Å². The van der Waals surface area contributed by atoms with Gasteiger partial charge >= 0.3 is 0 Å². The minimum atomic E-state index is -2.44. The van der Waals surface area contributed by atoms with Gasteiger partial charge in [-0.05, 0) is 102 Å². The van der Waals surface area contributed by atoms with Gasteiger partial charge in [0.1, 0.15) is 23.0 Å². The van der Waals surface area contributed by atoms with Crippen molar-refractivity contribution in [3.05, 3.63) is 95.1 Å². The van der Waals surface area contributed by atoms with E-state index < -0.39 is 18.1 Å². The number of benzene rings is 4. The van der Waals surface area contributed by atoms with Crippen molar-refractivity contribution in [3.8, 4) is 23.0 Å². The van der Waals surface area contributed by atoms with Crippen LogP contribution in [-0.4, -0.2) is 44.5 Å². The third kappa shape index (κ3) is 7.90. The van der Waals surface area contributed by atoms with Crippen molar-refractivity contribution in [1.29, 1.82) is 0 Å². The smallest absolute Gasteiger partial charge is 0.236 e. The lowest BCUT2D eigenvalue weighted by Crippen LogP contribution is -2.57. The van der Waals surface area contributed by atoms with Crippen molar-refractivity contribution in [3.63, 3.8) is 0 Å². The Morgan fingerprint density at radius 1 is 0.395 bits per heavy atom. The fraction of sp³-hybridized carbons (Fsp3) is 0.333. The Kier molecular flexibility index (Phi) is 11.5. The Bertz CT molecular complexity index is 1300. The molecular weight excluding hydrogens is 569 g/mol. The van der Waals surface area contributed by atoms with E-state index in [1.165, 1.54) is 0 Å². The van der Waals surface area contributed by atoms with Gasteiger partial charge in [0.2, 0.25) is 18.1 Å². The average molecular weight is 615 g/mol. The van der Waals surface area contributed by atoms with Crippen molar-refractivity contribution in [2.75, 3.05) is 26.4 Å². The quantitative estimate of drug-likeness (QED) is 0.189. The summed E-state index contributed by atoms with van der Waals surface area (Å²) in [6.07, 6.45) is 0. The molecular formula is C36H46O5Si2. The van der Waals surface area contributed by atoms with E-state index in [2.05, 4.69) is 100 Å². The second-order valence-electron chi connectivity index (χ2n) is 10.8. The summed E-state index contributed by atoms with van der Waals surface area (Å²) < 4.78 is 32.8. The van der Waals surface area contributed by atoms with Gasteiger partial charge in [-0.25, -0.2) is 0 Å². The van der Waals surface area contributed by atoms with Crippen molar-refractivity contribution in [1.82, 2.24) is 0 Å². The number of rotatable bonds is 14. The van der Waals surface area contributed by atoms with E-state index in [0.717, 1.165) is 66.0 Å². The van der Waals surface area contributed by atoms with Crippen molar-refractivity contribution < 1.29 is 23.1 Å². The predicted octanol–water partition coefficient (Wildman–Crippen LogP) is 4.91. The summed E-state index contributed by atoms with van der Waals surface area (Å²) in [4.78, 5) is 0. The van der Waals surface area contributed by atoms with Gasteiger partial charge in [-0.3, -0.25) is 0 Å². The van der Waals surface area contributed by atoms with Crippen LogP contribution < -0.4 is 39.7 Å². The van der Waals surface area contributed by atoms with Crippen LogP contribution in [0, 0.1) is 27.7 Å². The first-order valence-electron chi connectivity index (χ1n) is 15.4. The zero-order valence-electron chi connectivity index (χ0n) is 27.0. The molecule has 0 spiro atoms. The molecule has 5 nitrogen and oxygen atoms in total. The van der Waals surface area contributed by atoms with Gasteiger partial charge in [-0.1, -0.05) is 48.5 Å². The molecule has 0 heterocycles.